The van der Waals surface area contributed by atoms with E-state index in [9.17, 15) is 13.9 Å². The van der Waals surface area contributed by atoms with Crippen LogP contribution in [-0.2, 0) is 22.9 Å². The number of phosphoric ester groups is 1. The Morgan fingerprint density at radius 2 is 2.26 bits per heavy atom. The second-order valence-electron chi connectivity index (χ2n) is 4.62. The van der Waals surface area contributed by atoms with Crippen LogP contribution < -0.4 is 11.4 Å². The summed E-state index contributed by atoms with van der Waals surface area (Å²) in [5.41, 5.74) is 4.67. The molecule has 4 atom stereocenters. The first kappa shape index (κ1) is 18.2. The minimum Gasteiger partial charge on any atom is -0.383 e. The summed E-state index contributed by atoms with van der Waals surface area (Å²) in [6, 6.07) is 1.36. The van der Waals surface area contributed by atoms with Gasteiger partial charge < -0.3 is 29.7 Å². The SMILES string of the molecule is Nc1ccn([C@H]2C[C@H](O[PH](=O)O)[C@@H](COP(=O)(O)O)O2)c(=O)n1. The van der Waals surface area contributed by atoms with E-state index in [0.717, 1.165) is 4.57 Å². The topological polar surface area (TPSA) is 183 Å². The Hall–Kier alpha value is -1.10. The van der Waals surface area contributed by atoms with Crippen molar-refractivity contribution in [3.63, 3.8) is 0 Å². The number of rotatable bonds is 6. The highest BCUT2D eigenvalue weighted by molar-refractivity contribution is 7.46. The summed E-state index contributed by atoms with van der Waals surface area (Å²) in [5, 5.41) is 0. The highest BCUT2D eigenvalue weighted by atomic mass is 31.2. The van der Waals surface area contributed by atoms with E-state index in [0.29, 0.717) is 0 Å². The minimum absolute atomic E-state index is 0.0128. The second-order valence-corrected chi connectivity index (χ2v) is 6.62. The van der Waals surface area contributed by atoms with Crippen molar-refractivity contribution in [2.75, 3.05) is 12.3 Å². The van der Waals surface area contributed by atoms with E-state index in [1.54, 1.807) is 0 Å². The molecule has 0 spiro atoms. The Labute approximate surface area is 130 Å². The largest absolute Gasteiger partial charge is 0.469 e. The standard InChI is InChI=1S/C9H15N3O9P2/c10-7-1-2-12(9(13)11-7)8-3-5(21-22(14)15)6(20-8)4-19-23(16,17)18/h1-2,5-6,8,22H,3-4H2,(H,14,15)(H2,10,11,13)(H2,16,17,18)/t5-,6+,8+/m0/s1. The number of hydrogen-bond donors (Lipinski definition) is 4. The monoisotopic (exact) mass is 371 g/mol. The van der Waals surface area contributed by atoms with Gasteiger partial charge in [0.15, 0.2) is 0 Å². The quantitative estimate of drug-likeness (QED) is 0.449. The molecule has 0 saturated carbocycles. The summed E-state index contributed by atoms with van der Waals surface area (Å²) in [5.74, 6) is 0.0128. The number of phosphoric acid groups is 1. The fraction of sp³-hybridized carbons (Fsp3) is 0.556. The summed E-state index contributed by atoms with van der Waals surface area (Å²) in [4.78, 5) is 41.6. The number of nitrogens with zero attached hydrogens (tertiary/aromatic N) is 2. The van der Waals surface area contributed by atoms with Gasteiger partial charge in [0.1, 0.15) is 18.1 Å². The molecule has 2 heterocycles. The van der Waals surface area contributed by atoms with Crippen LogP contribution in [0.4, 0.5) is 5.82 Å². The van der Waals surface area contributed by atoms with Crippen molar-refractivity contribution < 1.29 is 37.6 Å². The summed E-state index contributed by atoms with van der Waals surface area (Å²) in [7, 11) is -8.08. The fourth-order valence-corrected chi connectivity index (χ4v) is 2.94. The van der Waals surface area contributed by atoms with Gasteiger partial charge in [-0.15, -0.1) is 0 Å². The van der Waals surface area contributed by atoms with E-state index in [2.05, 4.69) is 9.51 Å². The average molecular weight is 371 g/mol. The number of anilines is 1. The van der Waals surface area contributed by atoms with Gasteiger partial charge in [-0.1, -0.05) is 0 Å². The van der Waals surface area contributed by atoms with Gasteiger partial charge >= 0.3 is 21.8 Å². The number of aromatic nitrogens is 2. The predicted molar refractivity (Wildman–Crippen MR) is 75.5 cm³/mol. The molecule has 14 heteroatoms. The number of nitrogens with two attached hydrogens (primary N) is 1. The van der Waals surface area contributed by atoms with Crippen molar-refractivity contribution in [3.05, 3.63) is 22.7 Å². The smallest absolute Gasteiger partial charge is 0.383 e. The molecule has 0 bridgehead atoms. The highest BCUT2D eigenvalue weighted by Crippen LogP contribution is 2.40. The van der Waals surface area contributed by atoms with Crippen LogP contribution in [0.15, 0.2) is 17.1 Å². The first-order chi connectivity index (χ1) is 10.7. The molecule has 0 aromatic carbocycles. The number of nitrogen functional groups attached to an aromatic ring is 1. The Morgan fingerprint density at radius 1 is 1.57 bits per heavy atom. The van der Waals surface area contributed by atoms with Crippen LogP contribution in [0.2, 0.25) is 0 Å². The Bertz CT molecular complexity index is 689. The van der Waals surface area contributed by atoms with Crippen LogP contribution in [0, 0.1) is 0 Å². The lowest BCUT2D eigenvalue weighted by molar-refractivity contribution is -0.0415. The van der Waals surface area contributed by atoms with E-state index in [-0.39, 0.29) is 12.2 Å². The third-order valence-corrected chi connectivity index (χ3v) is 3.99. The highest BCUT2D eigenvalue weighted by Gasteiger charge is 2.39. The maximum atomic E-state index is 11.8. The lowest BCUT2D eigenvalue weighted by Crippen LogP contribution is -2.28. The Balaban J connectivity index is 2.16. The molecule has 1 unspecified atom stereocenters. The predicted octanol–water partition coefficient (Wildman–Crippen LogP) is -1.01. The maximum Gasteiger partial charge on any atom is 0.469 e. The summed E-state index contributed by atoms with van der Waals surface area (Å²) < 4.78 is 37.3. The molecular weight excluding hydrogens is 356 g/mol. The molecule has 1 aliphatic heterocycles. The first-order valence-electron chi connectivity index (χ1n) is 6.25. The molecule has 0 amide bonds. The molecule has 0 radical (unpaired) electrons. The van der Waals surface area contributed by atoms with Crippen molar-refractivity contribution in [2.24, 2.45) is 0 Å². The van der Waals surface area contributed by atoms with Crippen LogP contribution in [-0.4, -0.2) is 43.0 Å². The lowest BCUT2D eigenvalue weighted by atomic mass is 10.2. The molecule has 12 nitrogen and oxygen atoms in total. The maximum absolute atomic E-state index is 11.8. The van der Waals surface area contributed by atoms with Gasteiger partial charge in [-0.25, -0.2) is 9.36 Å². The number of ether oxygens (including phenoxy) is 1. The average Bonchev–Trinajstić information content (AvgIpc) is 2.77. The van der Waals surface area contributed by atoms with E-state index >= 15 is 0 Å². The first-order valence-corrected chi connectivity index (χ1v) is 9.05. The minimum atomic E-state index is -4.75. The van der Waals surface area contributed by atoms with Crippen molar-refractivity contribution in [3.8, 4) is 0 Å². The van der Waals surface area contributed by atoms with Crippen LogP contribution in [0.5, 0.6) is 0 Å². The van der Waals surface area contributed by atoms with E-state index in [4.69, 9.17) is 29.7 Å². The van der Waals surface area contributed by atoms with Gasteiger partial charge in [0.05, 0.1) is 12.7 Å². The van der Waals surface area contributed by atoms with Crippen LogP contribution in [0.1, 0.15) is 12.6 Å². The van der Waals surface area contributed by atoms with Gasteiger partial charge in [-0.05, 0) is 6.07 Å². The summed E-state index contributed by atoms with van der Waals surface area (Å²) in [6.07, 6.45) is -1.66. The molecule has 1 aliphatic rings. The van der Waals surface area contributed by atoms with Crippen LogP contribution in [0.3, 0.4) is 0 Å². The number of hydrogen-bond acceptors (Lipinski definition) is 8. The van der Waals surface area contributed by atoms with Crippen LogP contribution in [0.25, 0.3) is 0 Å². The Morgan fingerprint density at radius 3 is 2.83 bits per heavy atom. The lowest BCUT2D eigenvalue weighted by Gasteiger charge is -2.17. The van der Waals surface area contributed by atoms with E-state index < -0.39 is 46.8 Å². The van der Waals surface area contributed by atoms with Crippen LogP contribution >= 0.6 is 16.1 Å². The van der Waals surface area contributed by atoms with Gasteiger partial charge in [0.2, 0.25) is 0 Å². The summed E-state index contributed by atoms with van der Waals surface area (Å²) >= 11 is 0. The molecule has 130 valence electrons. The zero-order valence-corrected chi connectivity index (χ0v) is 13.4. The Kier molecular flexibility index (Phi) is 5.71. The molecule has 23 heavy (non-hydrogen) atoms. The van der Waals surface area contributed by atoms with Gasteiger partial charge in [-0.3, -0.25) is 13.7 Å². The third-order valence-electron chi connectivity index (χ3n) is 3.00. The molecule has 1 saturated heterocycles. The summed E-state index contributed by atoms with van der Waals surface area (Å²) in [6.45, 7) is -0.586. The van der Waals surface area contributed by atoms with E-state index in [1.165, 1.54) is 12.3 Å². The third kappa shape index (κ3) is 5.20. The van der Waals surface area contributed by atoms with Gasteiger partial charge in [-0.2, -0.15) is 4.98 Å². The molecule has 0 aliphatic carbocycles. The normalized spacial score (nSPS) is 26.3. The van der Waals surface area contributed by atoms with Crippen molar-refractivity contribution in [1.82, 2.24) is 9.55 Å². The van der Waals surface area contributed by atoms with Crippen molar-refractivity contribution >= 4 is 21.9 Å². The zero-order valence-electron chi connectivity index (χ0n) is 11.5. The fourth-order valence-electron chi connectivity index (χ4n) is 2.09. The second kappa shape index (κ2) is 7.20. The molecule has 1 aromatic rings. The van der Waals surface area contributed by atoms with Gasteiger partial charge in [0.25, 0.3) is 0 Å². The van der Waals surface area contributed by atoms with Gasteiger partial charge in [0, 0.05) is 12.6 Å². The molecule has 1 fully saturated rings. The molecular formula is C9H15N3O9P2. The van der Waals surface area contributed by atoms with Crippen molar-refractivity contribution in [1.29, 1.82) is 0 Å². The van der Waals surface area contributed by atoms with E-state index in [1.807, 2.05) is 0 Å². The molecule has 2 rings (SSSR count). The zero-order chi connectivity index (χ0) is 17.2. The molecule has 5 N–H and O–H groups in total. The van der Waals surface area contributed by atoms with Crippen molar-refractivity contribution in [2.45, 2.75) is 24.9 Å². The molecule has 1 aromatic heterocycles.